The number of hydrogen-bond donors (Lipinski definition) is 1. The number of rotatable bonds is 3. The first-order chi connectivity index (χ1) is 8.72. The first-order valence-electron chi connectivity index (χ1n) is 6.52. The molecule has 2 N–H and O–H groups in total. The number of nitrogens with zero attached hydrogens (tertiary/aromatic N) is 2. The lowest BCUT2D eigenvalue weighted by Gasteiger charge is -2.36. The van der Waals surface area contributed by atoms with Gasteiger partial charge in [0.2, 0.25) is 0 Å². The molecule has 0 unspecified atom stereocenters. The molecule has 0 bridgehead atoms. The van der Waals surface area contributed by atoms with E-state index in [1.54, 1.807) is 7.11 Å². The first-order valence-corrected chi connectivity index (χ1v) is 6.52. The zero-order valence-electron chi connectivity index (χ0n) is 10.9. The Kier molecular flexibility index (Phi) is 2.74. The van der Waals surface area contributed by atoms with Gasteiger partial charge in [0.25, 0.3) is 0 Å². The van der Waals surface area contributed by atoms with Crippen LogP contribution in [0.1, 0.15) is 31.6 Å². The van der Waals surface area contributed by atoms with Crippen LogP contribution < -0.4 is 5.73 Å². The van der Waals surface area contributed by atoms with Gasteiger partial charge in [0.1, 0.15) is 5.82 Å². The zero-order valence-corrected chi connectivity index (χ0v) is 10.9. The summed E-state index contributed by atoms with van der Waals surface area (Å²) in [5.74, 6) is 1.15. The fourth-order valence-corrected chi connectivity index (χ4v) is 2.76. The summed E-state index contributed by atoms with van der Waals surface area (Å²) in [4.78, 5) is 4.69. The number of aromatic nitrogens is 2. The van der Waals surface area contributed by atoms with Crippen LogP contribution in [-0.2, 0) is 11.2 Å². The Morgan fingerprint density at radius 3 is 2.89 bits per heavy atom. The Bertz CT molecular complexity index is 570. The van der Waals surface area contributed by atoms with Crippen LogP contribution in [0.15, 0.2) is 18.2 Å². The van der Waals surface area contributed by atoms with E-state index in [1.807, 2.05) is 12.1 Å². The van der Waals surface area contributed by atoms with Gasteiger partial charge in [-0.05, 0) is 31.0 Å². The standard InChI is InChI=1S/C14H19N3O/c1-3-14-16-12-6-9(15)4-5-13(12)17(14)10-7-11(8-10)18-2/h4-6,10-11H,3,7-8,15H2,1-2H3. The molecule has 0 aliphatic heterocycles. The molecule has 0 saturated heterocycles. The lowest BCUT2D eigenvalue weighted by atomic mass is 9.88. The summed E-state index contributed by atoms with van der Waals surface area (Å²) < 4.78 is 7.73. The highest BCUT2D eigenvalue weighted by molar-refractivity contribution is 5.79. The van der Waals surface area contributed by atoms with E-state index in [0.717, 1.165) is 36.3 Å². The molecule has 1 aromatic carbocycles. The van der Waals surface area contributed by atoms with Gasteiger partial charge in [-0.2, -0.15) is 0 Å². The minimum Gasteiger partial charge on any atom is -0.399 e. The summed E-state index contributed by atoms with van der Waals surface area (Å²) in [6, 6.07) is 6.51. The van der Waals surface area contributed by atoms with Crippen LogP contribution in [0.5, 0.6) is 0 Å². The molecule has 4 nitrogen and oxygen atoms in total. The Morgan fingerprint density at radius 2 is 2.22 bits per heavy atom. The summed E-state index contributed by atoms with van der Waals surface area (Å²) in [7, 11) is 1.79. The number of methoxy groups -OCH3 is 1. The number of nitrogen functional groups attached to an aromatic ring is 1. The SMILES string of the molecule is CCc1nc2cc(N)ccc2n1C1CC(OC)C1. The zero-order chi connectivity index (χ0) is 12.7. The predicted octanol–water partition coefficient (Wildman–Crippen LogP) is 2.53. The van der Waals surface area contributed by atoms with E-state index in [-0.39, 0.29) is 0 Å². The summed E-state index contributed by atoms with van der Waals surface area (Å²) in [6.45, 7) is 2.15. The molecule has 2 aromatic rings. The van der Waals surface area contributed by atoms with Gasteiger partial charge in [0.05, 0.1) is 17.1 Å². The highest BCUT2D eigenvalue weighted by atomic mass is 16.5. The van der Waals surface area contributed by atoms with Crippen molar-refractivity contribution in [1.29, 1.82) is 0 Å². The molecule has 0 radical (unpaired) electrons. The van der Waals surface area contributed by atoms with Crippen molar-refractivity contribution in [2.75, 3.05) is 12.8 Å². The van der Waals surface area contributed by atoms with Crippen LogP contribution in [-0.4, -0.2) is 22.8 Å². The first kappa shape index (κ1) is 11.5. The van der Waals surface area contributed by atoms with Crippen LogP contribution in [0.4, 0.5) is 5.69 Å². The van der Waals surface area contributed by atoms with Gasteiger partial charge in [-0.15, -0.1) is 0 Å². The maximum Gasteiger partial charge on any atom is 0.109 e. The van der Waals surface area contributed by atoms with Gasteiger partial charge in [-0.3, -0.25) is 0 Å². The van der Waals surface area contributed by atoms with Crippen LogP contribution in [0, 0.1) is 0 Å². The maximum absolute atomic E-state index is 5.82. The average molecular weight is 245 g/mol. The Morgan fingerprint density at radius 1 is 1.44 bits per heavy atom. The van der Waals surface area contributed by atoms with E-state index in [4.69, 9.17) is 10.5 Å². The third-order valence-electron chi connectivity index (χ3n) is 3.87. The van der Waals surface area contributed by atoms with Crippen molar-refractivity contribution in [2.45, 2.75) is 38.3 Å². The fourth-order valence-electron chi connectivity index (χ4n) is 2.76. The number of hydrogen-bond acceptors (Lipinski definition) is 3. The minimum absolute atomic E-state index is 0.408. The molecule has 4 heteroatoms. The fraction of sp³-hybridized carbons (Fsp3) is 0.500. The van der Waals surface area contributed by atoms with Crippen molar-refractivity contribution >= 4 is 16.7 Å². The number of nitrogens with two attached hydrogens (primary N) is 1. The van der Waals surface area contributed by atoms with Gasteiger partial charge < -0.3 is 15.0 Å². The van der Waals surface area contributed by atoms with Crippen LogP contribution in [0.3, 0.4) is 0 Å². The van der Waals surface area contributed by atoms with Crippen molar-refractivity contribution in [3.63, 3.8) is 0 Å². The second kappa shape index (κ2) is 4.28. The molecule has 0 amide bonds. The molecule has 1 aliphatic carbocycles. The van der Waals surface area contributed by atoms with Crippen LogP contribution >= 0.6 is 0 Å². The highest BCUT2D eigenvalue weighted by Gasteiger charge is 2.32. The molecule has 3 rings (SSSR count). The van der Waals surface area contributed by atoms with E-state index in [1.165, 1.54) is 5.52 Å². The molecule has 1 fully saturated rings. The third kappa shape index (κ3) is 1.68. The molecule has 0 atom stereocenters. The minimum atomic E-state index is 0.408. The van der Waals surface area contributed by atoms with Crippen molar-refractivity contribution in [3.8, 4) is 0 Å². The van der Waals surface area contributed by atoms with E-state index >= 15 is 0 Å². The number of benzene rings is 1. The number of fused-ring (bicyclic) bond motifs is 1. The number of imidazole rings is 1. The number of anilines is 1. The number of ether oxygens (including phenoxy) is 1. The summed E-state index contributed by atoms with van der Waals surface area (Å²) in [5.41, 5.74) is 8.80. The van der Waals surface area contributed by atoms with Gasteiger partial charge in [-0.1, -0.05) is 6.92 Å². The van der Waals surface area contributed by atoms with Crippen molar-refractivity contribution in [3.05, 3.63) is 24.0 Å². The van der Waals surface area contributed by atoms with Crippen LogP contribution in [0.2, 0.25) is 0 Å². The Labute approximate surface area is 107 Å². The molecule has 1 aromatic heterocycles. The molecular formula is C14H19N3O. The highest BCUT2D eigenvalue weighted by Crippen LogP contribution is 2.37. The largest absolute Gasteiger partial charge is 0.399 e. The van der Waals surface area contributed by atoms with Gasteiger partial charge in [0, 0.05) is 25.3 Å². The molecule has 1 heterocycles. The third-order valence-corrected chi connectivity index (χ3v) is 3.87. The Balaban J connectivity index is 2.04. The molecular weight excluding hydrogens is 226 g/mol. The van der Waals surface area contributed by atoms with E-state index in [9.17, 15) is 0 Å². The van der Waals surface area contributed by atoms with Crippen molar-refractivity contribution in [2.24, 2.45) is 0 Å². The summed E-state index contributed by atoms with van der Waals surface area (Å²) in [5, 5.41) is 0. The second-order valence-electron chi connectivity index (χ2n) is 4.98. The van der Waals surface area contributed by atoms with Crippen molar-refractivity contribution < 1.29 is 4.74 Å². The predicted molar refractivity (Wildman–Crippen MR) is 72.6 cm³/mol. The molecule has 1 saturated carbocycles. The number of aryl methyl sites for hydroxylation is 1. The molecule has 0 spiro atoms. The van der Waals surface area contributed by atoms with Crippen molar-refractivity contribution in [1.82, 2.24) is 9.55 Å². The van der Waals surface area contributed by atoms with Gasteiger partial charge >= 0.3 is 0 Å². The lowest BCUT2D eigenvalue weighted by molar-refractivity contribution is 0.00663. The Hall–Kier alpha value is -1.55. The average Bonchev–Trinajstić information content (AvgIpc) is 2.66. The van der Waals surface area contributed by atoms with Gasteiger partial charge in [0.15, 0.2) is 0 Å². The normalized spacial score (nSPS) is 23.2. The molecule has 1 aliphatic rings. The maximum atomic E-state index is 5.82. The monoisotopic (exact) mass is 245 g/mol. The quantitative estimate of drug-likeness (QED) is 0.845. The smallest absolute Gasteiger partial charge is 0.109 e. The van der Waals surface area contributed by atoms with Crippen LogP contribution in [0.25, 0.3) is 11.0 Å². The van der Waals surface area contributed by atoms with E-state index in [0.29, 0.717) is 12.1 Å². The summed E-state index contributed by atoms with van der Waals surface area (Å²) in [6.07, 6.45) is 3.52. The topological polar surface area (TPSA) is 53.1 Å². The lowest BCUT2D eigenvalue weighted by Crippen LogP contribution is -2.33. The summed E-state index contributed by atoms with van der Waals surface area (Å²) >= 11 is 0. The van der Waals surface area contributed by atoms with E-state index in [2.05, 4.69) is 22.5 Å². The second-order valence-corrected chi connectivity index (χ2v) is 4.98. The molecule has 96 valence electrons. The van der Waals surface area contributed by atoms with Gasteiger partial charge in [-0.25, -0.2) is 4.98 Å². The molecule has 18 heavy (non-hydrogen) atoms. The van der Waals surface area contributed by atoms with E-state index < -0.39 is 0 Å².